The lowest BCUT2D eigenvalue weighted by Gasteiger charge is -2.23. The molecule has 0 unspecified atom stereocenters. The zero-order valence-corrected chi connectivity index (χ0v) is 11.7. The number of benzene rings is 1. The zero-order chi connectivity index (χ0) is 13.8. The lowest BCUT2D eigenvalue weighted by Crippen LogP contribution is -2.40. The maximum absolute atomic E-state index is 13.6. The predicted octanol–water partition coefficient (Wildman–Crippen LogP) is 2.69. The van der Waals surface area contributed by atoms with E-state index in [2.05, 4.69) is 17.1 Å². The fourth-order valence-electron chi connectivity index (χ4n) is 2.32. The Hall–Kier alpha value is -1.13. The maximum atomic E-state index is 13.6. The van der Waals surface area contributed by atoms with E-state index in [9.17, 15) is 9.18 Å². The average molecular weight is 285 g/mol. The first-order valence-electron chi connectivity index (χ1n) is 6.55. The van der Waals surface area contributed by atoms with Gasteiger partial charge in [-0.15, -0.1) is 0 Å². The fraction of sp³-hybridized carbons (Fsp3) is 0.500. The Bertz CT molecular complexity index is 461. The lowest BCUT2D eigenvalue weighted by molar-refractivity contribution is 0.0936. The largest absolute Gasteiger partial charge is 0.350 e. The number of likely N-dealkylation sites (tertiary alicyclic amines) is 1. The highest BCUT2D eigenvalue weighted by atomic mass is 35.5. The van der Waals surface area contributed by atoms with Crippen molar-refractivity contribution >= 4 is 17.5 Å². The Balaban J connectivity index is 1.90. The summed E-state index contributed by atoms with van der Waals surface area (Å²) in [4.78, 5) is 14.2. The van der Waals surface area contributed by atoms with Crippen LogP contribution in [0.4, 0.5) is 4.39 Å². The summed E-state index contributed by atoms with van der Waals surface area (Å²) in [5, 5.41) is 3.06. The van der Waals surface area contributed by atoms with Gasteiger partial charge in [-0.25, -0.2) is 4.39 Å². The van der Waals surface area contributed by atoms with Crippen LogP contribution in [0.1, 0.15) is 30.1 Å². The Morgan fingerprint density at radius 2 is 2.16 bits per heavy atom. The summed E-state index contributed by atoms with van der Waals surface area (Å²) in [6.45, 7) is 4.75. The van der Waals surface area contributed by atoms with Crippen LogP contribution in [0.2, 0.25) is 5.02 Å². The highest BCUT2D eigenvalue weighted by Crippen LogP contribution is 2.15. The second kappa shape index (κ2) is 6.35. The molecule has 0 aliphatic carbocycles. The van der Waals surface area contributed by atoms with E-state index in [1.807, 2.05) is 0 Å². The Kier molecular flexibility index (Phi) is 4.77. The van der Waals surface area contributed by atoms with Gasteiger partial charge in [0.05, 0.1) is 5.56 Å². The summed E-state index contributed by atoms with van der Waals surface area (Å²) in [5.41, 5.74) is 0.0398. The van der Waals surface area contributed by atoms with E-state index in [1.165, 1.54) is 25.0 Å². The zero-order valence-electron chi connectivity index (χ0n) is 11.0. The topological polar surface area (TPSA) is 32.3 Å². The van der Waals surface area contributed by atoms with Crippen LogP contribution in [0.25, 0.3) is 0 Å². The van der Waals surface area contributed by atoms with Crippen LogP contribution in [0.3, 0.4) is 0 Å². The standard InChI is InChI=1S/C14H18ClFN2O/c1-10(18-6-2-3-7-18)9-17-14(19)12-5-4-11(15)8-13(12)16/h4-5,8,10H,2-3,6-7,9H2,1H3,(H,17,19)/t10-/m1/s1. The molecule has 1 atom stereocenters. The van der Waals surface area contributed by atoms with Crippen LogP contribution < -0.4 is 5.32 Å². The number of nitrogens with zero attached hydrogens (tertiary/aromatic N) is 1. The van der Waals surface area contributed by atoms with Gasteiger partial charge in [0.25, 0.3) is 5.91 Å². The Morgan fingerprint density at radius 1 is 1.47 bits per heavy atom. The molecule has 1 heterocycles. The molecule has 0 aromatic heterocycles. The second-order valence-electron chi connectivity index (χ2n) is 4.93. The first-order chi connectivity index (χ1) is 9.08. The molecule has 0 radical (unpaired) electrons. The van der Waals surface area contributed by atoms with Crippen molar-refractivity contribution in [3.63, 3.8) is 0 Å². The summed E-state index contributed by atoms with van der Waals surface area (Å²) in [7, 11) is 0. The average Bonchev–Trinajstić information content (AvgIpc) is 2.89. The molecule has 2 rings (SSSR count). The molecule has 5 heteroatoms. The highest BCUT2D eigenvalue weighted by molar-refractivity contribution is 6.30. The summed E-state index contributed by atoms with van der Waals surface area (Å²) in [6.07, 6.45) is 2.42. The number of hydrogen-bond donors (Lipinski definition) is 1. The van der Waals surface area contributed by atoms with Gasteiger partial charge < -0.3 is 5.32 Å². The van der Waals surface area contributed by atoms with Crippen LogP contribution in [0, 0.1) is 5.82 Å². The second-order valence-corrected chi connectivity index (χ2v) is 5.36. The SMILES string of the molecule is C[C@H](CNC(=O)c1ccc(Cl)cc1F)N1CCCC1. The molecule has 0 saturated carbocycles. The van der Waals surface area contributed by atoms with Crippen LogP contribution in [0.15, 0.2) is 18.2 Å². The van der Waals surface area contributed by atoms with E-state index in [4.69, 9.17) is 11.6 Å². The van der Waals surface area contributed by atoms with E-state index in [0.717, 1.165) is 19.2 Å². The van der Waals surface area contributed by atoms with Crippen LogP contribution in [-0.4, -0.2) is 36.5 Å². The number of carbonyl (C=O) groups excluding carboxylic acids is 1. The van der Waals surface area contributed by atoms with Gasteiger partial charge >= 0.3 is 0 Å². The van der Waals surface area contributed by atoms with Crippen molar-refractivity contribution in [3.8, 4) is 0 Å². The van der Waals surface area contributed by atoms with E-state index in [-0.39, 0.29) is 17.5 Å². The first kappa shape index (κ1) is 14.3. The van der Waals surface area contributed by atoms with Crippen LogP contribution >= 0.6 is 11.6 Å². The summed E-state index contributed by atoms with van der Waals surface area (Å²) in [6, 6.07) is 4.36. The Labute approximate surface area is 117 Å². The molecule has 0 spiro atoms. The number of halogens is 2. The molecule has 0 bridgehead atoms. The molecule has 1 saturated heterocycles. The molecule has 1 fully saturated rings. The van der Waals surface area contributed by atoms with Crippen molar-refractivity contribution in [2.45, 2.75) is 25.8 Å². The van der Waals surface area contributed by atoms with Crippen LogP contribution in [-0.2, 0) is 0 Å². The van der Waals surface area contributed by atoms with E-state index < -0.39 is 5.82 Å². The third-order valence-electron chi connectivity index (χ3n) is 3.50. The molecule has 1 aliphatic rings. The predicted molar refractivity (Wildman–Crippen MR) is 74.0 cm³/mol. The quantitative estimate of drug-likeness (QED) is 0.922. The Morgan fingerprint density at radius 3 is 2.79 bits per heavy atom. The summed E-state index contributed by atoms with van der Waals surface area (Å²) < 4.78 is 13.6. The van der Waals surface area contributed by atoms with Crippen molar-refractivity contribution in [1.29, 1.82) is 0 Å². The van der Waals surface area contributed by atoms with Gasteiger partial charge in [-0.1, -0.05) is 11.6 Å². The van der Waals surface area contributed by atoms with E-state index >= 15 is 0 Å². The number of carbonyl (C=O) groups is 1. The number of amides is 1. The smallest absolute Gasteiger partial charge is 0.254 e. The fourth-order valence-corrected chi connectivity index (χ4v) is 2.48. The third kappa shape index (κ3) is 3.67. The van der Waals surface area contributed by atoms with Crippen molar-refractivity contribution in [2.75, 3.05) is 19.6 Å². The minimum absolute atomic E-state index is 0.0398. The van der Waals surface area contributed by atoms with Gasteiger partial charge in [-0.2, -0.15) is 0 Å². The van der Waals surface area contributed by atoms with E-state index in [1.54, 1.807) is 0 Å². The molecule has 1 amide bonds. The van der Waals surface area contributed by atoms with Crippen LogP contribution in [0.5, 0.6) is 0 Å². The van der Waals surface area contributed by atoms with Crippen molar-refractivity contribution < 1.29 is 9.18 Å². The molecule has 1 aromatic rings. The van der Waals surface area contributed by atoms with Gasteiger partial charge in [-0.3, -0.25) is 9.69 Å². The van der Waals surface area contributed by atoms with Crippen molar-refractivity contribution in [1.82, 2.24) is 10.2 Å². The molecule has 3 nitrogen and oxygen atoms in total. The monoisotopic (exact) mass is 284 g/mol. The first-order valence-corrected chi connectivity index (χ1v) is 6.93. The van der Waals surface area contributed by atoms with Gasteiger partial charge in [0.2, 0.25) is 0 Å². The molecule has 1 aromatic carbocycles. The van der Waals surface area contributed by atoms with Crippen molar-refractivity contribution in [2.24, 2.45) is 0 Å². The highest BCUT2D eigenvalue weighted by Gasteiger charge is 2.19. The minimum Gasteiger partial charge on any atom is -0.350 e. The lowest BCUT2D eigenvalue weighted by atomic mass is 10.2. The number of hydrogen-bond acceptors (Lipinski definition) is 2. The van der Waals surface area contributed by atoms with Gasteiger partial charge in [0.15, 0.2) is 0 Å². The maximum Gasteiger partial charge on any atom is 0.254 e. The number of nitrogens with one attached hydrogen (secondary N) is 1. The van der Waals surface area contributed by atoms with Gasteiger partial charge in [0.1, 0.15) is 5.82 Å². The molecule has 19 heavy (non-hydrogen) atoms. The minimum atomic E-state index is -0.584. The molecule has 1 N–H and O–H groups in total. The van der Waals surface area contributed by atoms with Gasteiger partial charge in [-0.05, 0) is 51.1 Å². The third-order valence-corrected chi connectivity index (χ3v) is 3.73. The molecular weight excluding hydrogens is 267 g/mol. The van der Waals surface area contributed by atoms with E-state index in [0.29, 0.717) is 11.6 Å². The molecule has 104 valence electrons. The van der Waals surface area contributed by atoms with Gasteiger partial charge in [0, 0.05) is 17.6 Å². The molecule has 1 aliphatic heterocycles. The molecular formula is C14H18ClFN2O. The number of rotatable bonds is 4. The van der Waals surface area contributed by atoms with Crippen molar-refractivity contribution in [3.05, 3.63) is 34.6 Å². The summed E-state index contributed by atoms with van der Waals surface area (Å²) in [5.74, 6) is -0.973. The summed E-state index contributed by atoms with van der Waals surface area (Å²) >= 11 is 5.66. The normalized spacial score (nSPS) is 17.4.